The maximum absolute atomic E-state index is 14.4. The van der Waals surface area contributed by atoms with Crippen molar-refractivity contribution in [3.05, 3.63) is 88.5 Å². The van der Waals surface area contributed by atoms with E-state index in [2.05, 4.69) is 37.8 Å². The van der Waals surface area contributed by atoms with E-state index in [1.54, 1.807) is 6.07 Å². The Morgan fingerprint density at radius 1 is 1.16 bits per heavy atom. The van der Waals surface area contributed by atoms with Crippen LogP contribution in [0.15, 0.2) is 66.3 Å². The maximum atomic E-state index is 14.4. The van der Waals surface area contributed by atoms with Gasteiger partial charge in [-0.1, -0.05) is 48.0 Å². The number of carbonyl (C=O) groups is 1. The van der Waals surface area contributed by atoms with E-state index in [1.807, 2.05) is 0 Å². The van der Waals surface area contributed by atoms with E-state index < -0.39 is 11.9 Å². The van der Waals surface area contributed by atoms with Crippen molar-refractivity contribution < 1.29 is 23.4 Å². The van der Waals surface area contributed by atoms with E-state index in [9.17, 15) is 13.6 Å². The fraction of sp³-hybridized carbons (Fsp3) is 0.346. The summed E-state index contributed by atoms with van der Waals surface area (Å²) in [5.41, 5.74) is 5.12. The second-order valence-corrected chi connectivity index (χ2v) is 8.05. The highest BCUT2D eigenvalue weighted by Gasteiger charge is 2.30. The highest BCUT2D eigenvalue weighted by molar-refractivity contribution is 5.67. The second kappa shape index (κ2) is 9.90. The van der Waals surface area contributed by atoms with Crippen LogP contribution in [0.3, 0.4) is 0 Å². The quantitative estimate of drug-likeness (QED) is 0.448. The second-order valence-electron chi connectivity index (χ2n) is 8.05. The highest BCUT2D eigenvalue weighted by atomic mass is 19.3. The fourth-order valence-electron chi connectivity index (χ4n) is 3.90. The van der Waals surface area contributed by atoms with Gasteiger partial charge in [-0.25, -0.2) is 0 Å². The van der Waals surface area contributed by atoms with Crippen LogP contribution in [0, 0.1) is 6.92 Å². The third-order valence-corrected chi connectivity index (χ3v) is 5.71. The highest BCUT2D eigenvalue weighted by Crippen LogP contribution is 2.35. The lowest BCUT2D eigenvalue weighted by Gasteiger charge is -2.18. The third kappa shape index (κ3) is 6.03. The number of carboxylic acids is 1. The van der Waals surface area contributed by atoms with Crippen LogP contribution in [-0.4, -0.2) is 17.7 Å². The molecule has 2 aromatic carbocycles. The van der Waals surface area contributed by atoms with Crippen molar-refractivity contribution in [3.63, 3.8) is 0 Å². The molecule has 0 spiro atoms. The summed E-state index contributed by atoms with van der Waals surface area (Å²) in [6, 6.07) is 13.0. The molecule has 2 aromatic rings. The minimum atomic E-state index is -3.25. The monoisotopic (exact) mass is 426 g/mol. The van der Waals surface area contributed by atoms with Crippen LogP contribution in [0.2, 0.25) is 0 Å². The normalized spacial score (nSPS) is 14.0. The van der Waals surface area contributed by atoms with Gasteiger partial charge in [-0.15, -0.1) is 0 Å². The first kappa shape index (κ1) is 22.7. The number of ether oxygens (including phenoxy) is 1. The third-order valence-electron chi connectivity index (χ3n) is 5.71. The Kier molecular flexibility index (Phi) is 7.26. The molecule has 1 aliphatic carbocycles. The summed E-state index contributed by atoms with van der Waals surface area (Å²) in [7, 11) is 0. The van der Waals surface area contributed by atoms with Crippen LogP contribution >= 0.6 is 0 Å². The predicted octanol–water partition coefficient (Wildman–Crippen LogP) is 6.39. The Labute approximate surface area is 182 Å². The zero-order valence-electron chi connectivity index (χ0n) is 17.8. The van der Waals surface area contributed by atoms with Gasteiger partial charge in [0.25, 0.3) is 5.92 Å². The molecule has 3 rings (SSSR count). The Balaban J connectivity index is 1.75. The number of hydrogen-bond acceptors (Lipinski definition) is 2. The van der Waals surface area contributed by atoms with Crippen LogP contribution in [0.1, 0.15) is 47.9 Å². The molecule has 5 heteroatoms. The molecule has 0 saturated heterocycles. The van der Waals surface area contributed by atoms with Crippen LogP contribution in [0.5, 0.6) is 5.75 Å². The number of carboxylic acid groups (broad SMARTS) is 1. The summed E-state index contributed by atoms with van der Waals surface area (Å²) < 4.78 is 34.7. The molecule has 1 aliphatic rings. The van der Waals surface area contributed by atoms with Crippen molar-refractivity contribution in [1.82, 2.24) is 0 Å². The number of aliphatic carboxylic acids is 1. The van der Waals surface area contributed by atoms with Gasteiger partial charge < -0.3 is 9.84 Å². The zero-order valence-corrected chi connectivity index (χ0v) is 17.8. The molecule has 0 aliphatic heterocycles. The number of hydrogen-bond donors (Lipinski definition) is 1. The first-order valence-electron chi connectivity index (χ1n) is 10.5. The van der Waals surface area contributed by atoms with E-state index in [0.29, 0.717) is 24.0 Å². The number of halogens is 2. The van der Waals surface area contributed by atoms with Crippen LogP contribution in [0.25, 0.3) is 0 Å². The minimum Gasteiger partial charge on any atom is -0.489 e. The van der Waals surface area contributed by atoms with Gasteiger partial charge in [-0.05, 0) is 73.9 Å². The maximum Gasteiger partial charge on any atom is 0.303 e. The van der Waals surface area contributed by atoms with E-state index >= 15 is 0 Å². The van der Waals surface area contributed by atoms with Crippen molar-refractivity contribution in [2.24, 2.45) is 0 Å². The van der Waals surface area contributed by atoms with Crippen LogP contribution < -0.4 is 4.74 Å². The molecule has 0 fully saturated rings. The number of alkyl halides is 2. The largest absolute Gasteiger partial charge is 0.489 e. The Morgan fingerprint density at radius 2 is 1.87 bits per heavy atom. The summed E-state index contributed by atoms with van der Waals surface area (Å²) in [6.07, 6.45) is 4.33. The van der Waals surface area contributed by atoms with Gasteiger partial charge in [0.2, 0.25) is 0 Å². The molecule has 0 atom stereocenters. The lowest BCUT2D eigenvalue weighted by molar-refractivity contribution is -0.136. The first-order chi connectivity index (χ1) is 14.8. The number of benzene rings is 2. The lowest BCUT2D eigenvalue weighted by Crippen LogP contribution is -2.14. The SMILES string of the molecule is C=CC(F)(F)c1cc(OCC2=C(Cc3ccc(C)cc3)CCC2)ccc1CCC(=O)O. The Bertz CT molecular complexity index is 975. The summed E-state index contributed by atoms with van der Waals surface area (Å²) >= 11 is 0. The van der Waals surface area contributed by atoms with Gasteiger partial charge in [0.05, 0.1) is 0 Å². The molecular weight excluding hydrogens is 398 g/mol. The molecule has 1 N–H and O–H groups in total. The van der Waals surface area contributed by atoms with Crippen molar-refractivity contribution in [2.45, 2.75) is 51.4 Å². The van der Waals surface area contributed by atoms with Crippen LogP contribution in [-0.2, 0) is 23.6 Å². The Hall–Kier alpha value is -2.95. The van der Waals surface area contributed by atoms with Crippen molar-refractivity contribution in [1.29, 1.82) is 0 Å². The number of allylic oxidation sites excluding steroid dienone is 2. The smallest absolute Gasteiger partial charge is 0.303 e. The van der Waals surface area contributed by atoms with Crippen molar-refractivity contribution in [2.75, 3.05) is 6.61 Å². The molecule has 0 unspecified atom stereocenters. The molecule has 0 saturated carbocycles. The molecule has 0 bridgehead atoms. The molecule has 0 radical (unpaired) electrons. The van der Waals surface area contributed by atoms with Crippen LogP contribution in [0.4, 0.5) is 8.78 Å². The molecule has 0 aromatic heterocycles. The van der Waals surface area contributed by atoms with Gasteiger partial charge in [-0.2, -0.15) is 8.78 Å². The minimum absolute atomic E-state index is 0.0280. The average Bonchev–Trinajstić information content (AvgIpc) is 3.19. The predicted molar refractivity (Wildman–Crippen MR) is 118 cm³/mol. The van der Waals surface area contributed by atoms with Gasteiger partial charge in [0, 0.05) is 12.0 Å². The molecule has 0 amide bonds. The molecule has 0 heterocycles. The van der Waals surface area contributed by atoms with Gasteiger partial charge in [0.15, 0.2) is 0 Å². The fourth-order valence-corrected chi connectivity index (χ4v) is 3.90. The summed E-state index contributed by atoms with van der Waals surface area (Å²) in [5, 5.41) is 8.89. The number of aryl methyl sites for hydroxylation is 2. The standard InChI is InChI=1S/C26H28F2O3/c1-3-26(27,28)24-16-23(13-11-20(24)12-14-25(29)30)31-17-22-6-4-5-21(22)15-19-9-7-18(2)8-10-19/h3,7-11,13,16H,1,4-6,12,14-15,17H2,2H3,(H,29,30). The summed E-state index contributed by atoms with van der Waals surface area (Å²) in [5.74, 6) is -3.93. The van der Waals surface area contributed by atoms with E-state index in [0.717, 1.165) is 25.7 Å². The van der Waals surface area contributed by atoms with Gasteiger partial charge >= 0.3 is 5.97 Å². The van der Waals surface area contributed by atoms with E-state index in [4.69, 9.17) is 9.84 Å². The molecule has 3 nitrogen and oxygen atoms in total. The average molecular weight is 427 g/mol. The summed E-state index contributed by atoms with van der Waals surface area (Å²) in [6.45, 7) is 5.66. The van der Waals surface area contributed by atoms with E-state index in [-0.39, 0.29) is 18.4 Å². The summed E-state index contributed by atoms with van der Waals surface area (Å²) in [4.78, 5) is 10.9. The Morgan fingerprint density at radius 3 is 2.55 bits per heavy atom. The molecular formula is C26H28F2O3. The van der Waals surface area contributed by atoms with Crippen molar-refractivity contribution >= 4 is 5.97 Å². The molecule has 164 valence electrons. The van der Waals surface area contributed by atoms with Gasteiger partial charge in [0.1, 0.15) is 12.4 Å². The number of rotatable bonds is 10. The van der Waals surface area contributed by atoms with Gasteiger partial charge in [-0.3, -0.25) is 4.79 Å². The first-order valence-corrected chi connectivity index (χ1v) is 10.5. The lowest BCUT2D eigenvalue weighted by atomic mass is 9.97. The zero-order chi connectivity index (χ0) is 22.4. The molecule has 31 heavy (non-hydrogen) atoms. The van der Waals surface area contributed by atoms with E-state index in [1.165, 1.54) is 34.4 Å². The topological polar surface area (TPSA) is 46.5 Å². The van der Waals surface area contributed by atoms with Crippen molar-refractivity contribution in [3.8, 4) is 5.75 Å².